The Balaban J connectivity index is 2.10. The molecule has 0 spiro atoms. The van der Waals surface area contributed by atoms with E-state index in [4.69, 9.17) is 5.73 Å². The molecule has 0 saturated carbocycles. The van der Waals surface area contributed by atoms with Gasteiger partial charge in [-0.15, -0.1) is 11.3 Å². The minimum Gasteiger partial charge on any atom is -0.394 e. The van der Waals surface area contributed by atoms with Gasteiger partial charge in [0.15, 0.2) is 5.13 Å². The molecule has 1 heterocycles. The standard InChI is InChI=1S/C12H13N3O2S/c13-12-15-10(7-18-12)11(17)14-9(6-16)8-4-2-1-3-5-8/h1-5,7,9,16H,6H2,(H2,13,15)(H,14,17)/t9-/m0/s1. The molecule has 1 amide bonds. The minimum atomic E-state index is -0.443. The lowest BCUT2D eigenvalue weighted by molar-refractivity contribution is 0.0912. The highest BCUT2D eigenvalue weighted by Gasteiger charge is 2.16. The van der Waals surface area contributed by atoms with Gasteiger partial charge < -0.3 is 16.2 Å². The summed E-state index contributed by atoms with van der Waals surface area (Å²) in [5.74, 6) is -0.342. The van der Waals surface area contributed by atoms with Gasteiger partial charge in [-0.1, -0.05) is 30.3 Å². The largest absolute Gasteiger partial charge is 0.394 e. The smallest absolute Gasteiger partial charge is 0.271 e. The number of benzene rings is 1. The number of aliphatic hydroxyl groups excluding tert-OH is 1. The number of nitrogens with two attached hydrogens (primary N) is 1. The molecule has 0 radical (unpaired) electrons. The summed E-state index contributed by atoms with van der Waals surface area (Å²) in [6, 6.07) is 8.82. The lowest BCUT2D eigenvalue weighted by atomic mass is 10.1. The Morgan fingerprint density at radius 2 is 2.17 bits per heavy atom. The van der Waals surface area contributed by atoms with Crippen LogP contribution < -0.4 is 11.1 Å². The molecule has 0 aliphatic heterocycles. The van der Waals surface area contributed by atoms with Crippen LogP contribution in [-0.2, 0) is 0 Å². The second kappa shape index (κ2) is 5.61. The van der Waals surface area contributed by atoms with Crippen LogP contribution in [0.2, 0.25) is 0 Å². The first kappa shape index (κ1) is 12.5. The SMILES string of the molecule is Nc1nc(C(=O)N[C@@H](CO)c2ccccc2)cs1. The topological polar surface area (TPSA) is 88.2 Å². The summed E-state index contributed by atoms with van der Waals surface area (Å²) in [4.78, 5) is 15.8. The first-order valence-electron chi connectivity index (χ1n) is 5.38. The van der Waals surface area contributed by atoms with Crippen molar-refractivity contribution in [3.63, 3.8) is 0 Å². The van der Waals surface area contributed by atoms with Crippen molar-refractivity contribution in [1.82, 2.24) is 10.3 Å². The third-order valence-corrected chi connectivity index (χ3v) is 3.12. The third-order valence-electron chi connectivity index (χ3n) is 2.44. The highest BCUT2D eigenvalue weighted by molar-refractivity contribution is 7.13. The van der Waals surface area contributed by atoms with Crippen molar-refractivity contribution in [1.29, 1.82) is 0 Å². The molecule has 0 fully saturated rings. The van der Waals surface area contributed by atoms with E-state index in [0.717, 1.165) is 5.56 Å². The fourth-order valence-corrected chi connectivity index (χ4v) is 2.09. The number of nitrogen functional groups attached to an aromatic ring is 1. The fourth-order valence-electron chi connectivity index (χ4n) is 1.54. The Hall–Kier alpha value is -1.92. The number of thiazole rings is 1. The maximum Gasteiger partial charge on any atom is 0.271 e. The van der Waals surface area contributed by atoms with Crippen molar-refractivity contribution in [3.05, 3.63) is 47.0 Å². The van der Waals surface area contributed by atoms with Crippen molar-refractivity contribution in [2.75, 3.05) is 12.3 Å². The fraction of sp³-hybridized carbons (Fsp3) is 0.167. The Morgan fingerprint density at radius 3 is 2.72 bits per heavy atom. The molecule has 4 N–H and O–H groups in total. The molecule has 0 aliphatic carbocycles. The summed E-state index contributed by atoms with van der Waals surface area (Å²) in [6.07, 6.45) is 0. The lowest BCUT2D eigenvalue weighted by Gasteiger charge is -2.15. The number of carbonyl (C=O) groups is 1. The van der Waals surface area contributed by atoms with Crippen molar-refractivity contribution < 1.29 is 9.90 Å². The number of aliphatic hydroxyl groups is 1. The van der Waals surface area contributed by atoms with E-state index in [1.54, 1.807) is 5.38 Å². The van der Waals surface area contributed by atoms with Gasteiger partial charge in [0, 0.05) is 5.38 Å². The molecular formula is C12H13N3O2S. The molecule has 1 atom stereocenters. The number of aromatic nitrogens is 1. The van der Waals surface area contributed by atoms with E-state index in [9.17, 15) is 9.90 Å². The van der Waals surface area contributed by atoms with Crippen LogP contribution in [0.3, 0.4) is 0 Å². The van der Waals surface area contributed by atoms with E-state index in [1.807, 2.05) is 30.3 Å². The van der Waals surface area contributed by atoms with Crippen LogP contribution in [0.25, 0.3) is 0 Å². The summed E-state index contributed by atoms with van der Waals surface area (Å²) < 4.78 is 0. The van der Waals surface area contributed by atoms with Crippen molar-refractivity contribution in [2.45, 2.75) is 6.04 Å². The van der Waals surface area contributed by atoms with Crippen LogP contribution in [0.4, 0.5) is 5.13 Å². The summed E-state index contributed by atoms with van der Waals surface area (Å²) in [5.41, 5.74) is 6.58. The van der Waals surface area contributed by atoms with Gasteiger partial charge in [0.1, 0.15) is 5.69 Å². The molecule has 0 saturated heterocycles. The van der Waals surface area contributed by atoms with Gasteiger partial charge in [0.2, 0.25) is 0 Å². The minimum absolute atomic E-state index is 0.171. The van der Waals surface area contributed by atoms with E-state index in [0.29, 0.717) is 5.13 Å². The van der Waals surface area contributed by atoms with Crippen LogP contribution in [-0.4, -0.2) is 22.6 Å². The molecule has 5 nitrogen and oxygen atoms in total. The van der Waals surface area contributed by atoms with Gasteiger partial charge in [-0.3, -0.25) is 4.79 Å². The van der Waals surface area contributed by atoms with Crippen molar-refractivity contribution in [2.24, 2.45) is 0 Å². The molecule has 1 aromatic carbocycles. The highest BCUT2D eigenvalue weighted by atomic mass is 32.1. The van der Waals surface area contributed by atoms with E-state index < -0.39 is 6.04 Å². The van der Waals surface area contributed by atoms with E-state index in [-0.39, 0.29) is 18.2 Å². The number of carbonyl (C=O) groups excluding carboxylic acids is 1. The maximum absolute atomic E-state index is 11.9. The monoisotopic (exact) mass is 263 g/mol. The first-order valence-corrected chi connectivity index (χ1v) is 6.26. The van der Waals surface area contributed by atoms with E-state index in [1.165, 1.54) is 11.3 Å². The molecule has 6 heteroatoms. The Bertz CT molecular complexity index is 527. The number of hydrogen-bond donors (Lipinski definition) is 3. The third kappa shape index (κ3) is 2.85. The Labute approximate surface area is 108 Å². The Kier molecular flexibility index (Phi) is 3.91. The Morgan fingerprint density at radius 1 is 1.44 bits per heavy atom. The van der Waals surface area contributed by atoms with Crippen LogP contribution in [0.5, 0.6) is 0 Å². The summed E-state index contributed by atoms with van der Waals surface area (Å²) >= 11 is 1.21. The van der Waals surface area contributed by atoms with Crippen LogP contribution >= 0.6 is 11.3 Å². The number of anilines is 1. The number of hydrogen-bond acceptors (Lipinski definition) is 5. The normalized spacial score (nSPS) is 12.1. The van der Waals surface area contributed by atoms with Crippen LogP contribution in [0, 0.1) is 0 Å². The van der Waals surface area contributed by atoms with E-state index in [2.05, 4.69) is 10.3 Å². The van der Waals surface area contributed by atoms with Crippen molar-refractivity contribution in [3.8, 4) is 0 Å². The summed E-state index contributed by atoms with van der Waals surface area (Å²) in [5, 5.41) is 14.0. The predicted molar refractivity (Wildman–Crippen MR) is 70.3 cm³/mol. The van der Waals surface area contributed by atoms with Crippen LogP contribution in [0.15, 0.2) is 35.7 Å². The average Bonchev–Trinajstić information content (AvgIpc) is 2.83. The van der Waals surface area contributed by atoms with Gasteiger partial charge in [-0.2, -0.15) is 0 Å². The predicted octanol–water partition coefficient (Wildman–Crippen LogP) is 1.19. The zero-order valence-electron chi connectivity index (χ0n) is 9.54. The van der Waals surface area contributed by atoms with Gasteiger partial charge in [-0.25, -0.2) is 4.98 Å². The molecule has 94 valence electrons. The molecule has 2 rings (SSSR count). The van der Waals surface area contributed by atoms with E-state index >= 15 is 0 Å². The second-order valence-electron chi connectivity index (χ2n) is 3.69. The molecule has 0 unspecified atom stereocenters. The number of rotatable bonds is 4. The number of amides is 1. The molecule has 0 aliphatic rings. The van der Waals surface area contributed by atoms with Gasteiger partial charge in [0.05, 0.1) is 12.6 Å². The summed E-state index contributed by atoms with van der Waals surface area (Å²) in [7, 11) is 0. The quantitative estimate of drug-likeness (QED) is 0.773. The number of nitrogens with zero attached hydrogens (tertiary/aromatic N) is 1. The van der Waals surface area contributed by atoms with Gasteiger partial charge >= 0.3 is 0 Å². The number of nitrogens with one attached hydrogen (secondary N) is 1. The highest BCUT2D eigenvalue weighted by Crippen LogP contribution is 2.15. The lowest BCUT2D eigenvalue weighted by Crippen LogP contribution is -2.31. The zero-order chi connectivity index (χ0) is 13.0. The molecular weight excluding hydrogens is 250 g/mol. The van der Waals surface area contributed by atoms with Crippen molar-refractivity contribution >= 4 is 22.4 Å². The molecule has 18 heavy (non-hydrogen) atoms. The van der Waals surface area contributed by atoms with Gasteiger partial charge in [0.25, 0.3) is 5.91 Å². The molecule has 1 aromatic heterocycles. The summed E-state index contributed by atoms with van der Waals surface area (Å²) in [6.45, 7) is -0.171. The molecule has 0 bridgehead atoms. The van der Waals surface area contributed by atoms with Gasteiger partial charge in [-0.05, 0) is 5.56 Å². The molecule has 2 aromatic rings. The first-order chi connectivity index (χ1) is 8.70. The second-order valence-corrected chi connectivity index (χ2v) is 4.58. The zero-order valence-corrected chi connectivity index (χ0v) is 10.4. The average molecular weight is 263 g/mol. The maximum atomic E-state index is 11.9. The van der Waals surface area contributed by atoms with Crippen LogP contribution in [0.1, 0.15) is 22.1 Å².